The molecule has 3 rings (SSSR count). The van der Waals surface area contributed by atoms with E-state index in [0.29, 0.717) is 19.1 Å². The quantitative estimate of drug-likeness (QED) is 0.643. The summed E-state index contributed by atoms with van der Waals surface area (Å²) in [6, 6.07) is 6.25. The Morgan fingerprint density at radius 1 is 1.11 bits per heavy atom. The zero-order valence-corrected chi connectivity index (χ0v) is 17.4. The van der Waals surface area contributed by atoms with Gasteiger partial charge in [-0.05, 0) is 44.3 Å². The first-order chi connectivity index (χ1) is 13.5. The van der Waals surface area contributed by atoms with Crippen molar-refractivity contribution in [1.29, 1.82) is 0 Å². The van der Waals surface area contributed by atoms with Gasteiger partial charge in [0.2, 0.25) is 5.96 Å². The van der Waals surface area contributed by atoms with E-state index in [4.69, 9.17) is 4.74 Å². The molecule has 0 atom stereocenters. The molecule has 1 aromatic rings. The van der Waals surface area contributed by atoms with Crippen LogP contribution in [0.5, 0.6) is 5.75 Å². The molecule has 0 saturated carbocycles. The van der Waals surface area contributed by atoms with Gasteiger partial charge in [-0.3, -0.25) is 4.90 Å². The highest BCUT2D eigenvalue weighted by atomic mass is 32.2. The third-order valence-electron chi connectivity index (χ3n) is 5.04. The smallest absolute Gasteiger partial charge is 0.264 e. The molecule has 0 aromatic heterocycles. The Labute approximate surface area is 167 Å². The number of aliphatic imine (C=N–C) groups is 1. The first kappa shape index (κ1) is 20.8. The number of nitrogens with zero attached hydrogens (tertiary/aromatic N) is 4. The van der Waals surface area contributed by atoms with Gasteiger partial charge in [-0.1, -0.05) is 0 Å². The van der Waals surface area contributed by atoms with Crippen LogP contribution in [0.2, 0.25) is 0 Å². The van der Waals surface area contributed by atoms with Gasteiger partial charge >= 0.3 is 0 Å². The Kier molecular flexibility index (Phi) is 7.11. The van der Waals surface area contributed by atoms with Gasteiger partial charge in [0.05, 0.1) is 25.3 Å². The molecule has 2 N–H and O–H groups in total. The van der Waals surface area contributed by atoms with Crippen molar-refractivity contribution in [3.8, 4) is 5.75 Å². The van der Waals surface area contributed by atoms with Crippen molar-refractivity contribution in [2.24, 2.45) is 4.99 Å². The SMILES string of the molecule is COc1ccc(S(=O)(=O)NC2=NCN(CCCN3CCN(C)CC3)CN2)cc1. The normalized spacial score (nSPS) is 19.7. The van der Waals surface area contributed by atoms with Gasteiger partial charge in [-0.15, -0.1) is 0 Å². The summed E-state index contributed by atoms with van der Waals surface area (Å²) in [6.45, 7) is 7.60. The minimum absolute atomic E-state index is 0.174. The van der Waals surface area contributed by atoms with Gasteiger partial charge in [-0.25, -0.2) is 18.1 Å². The van der Waals surface area contributed by atoms with Crippen LogP contribution in [0.15, 0.2) is 34.2 Å². The largest absolute Gasteiger partial charge is 0.497 e. The van der Waals surface area contributed by atoms with E-state index in [1.165, 1.54) is 12.1 Å². The second-order valence-electron chi connectivity index (χ2n) is 7.16. The van der Waals surface area contributed by atoms with E-state index < -0.39 is 10.0 Å². The summed E-state index contributed by atoms with van der Waals surface area (Å²) in [6.07, 6.45) is 1.08. The molecular formula is C18H30N6O3S. The highest BCUT2D eigenvalue weighted by Crippen LogP contribution is 2.15. The first-order valence-electron chi connectivity index (χ1n) is 9.55. The van der Waals surface area contributed by atoms with E-state index in [0.717, 1.165) is 45.7 Å². The Bertz CT molecular complexity index is 760. The Balaban J connectivity index is 1.43. The van der Waals surface area contributed by atoms with Gasteiger partial charge in [0.1, 0.15) is 5.75 Å². The second kappa shape index (κ2) is 9.55. The number of guanidine groups is 1. The van der Waals surface area contributed by atoms with Crippen LogP contribution in [0.25, 0.3) is 0 Å². The zero-order valence-electron chi connectivity index (χ0n) is 16.6. The molecule has 2 aliphatic rings. The van der Waals surface area contributed by atoms with Gasteiger partial charge in [0.15, 0.2) is 0 Å². The lowest BCUT2D eigenvalue weighted by Gasteiger charge is -2.33. The minimum atomic E-state index is -3.67. The summed E-state index contributed by atoms with van der Waals surface area (Å²) < 4.78 is 32.5. The van der Waals surface area contributed by atoms with Crippen LogP contribution in [0.3, 0.4) is 0 Å². The van der Waals surface area contributed by atoms with Gasteiger partial charge < -0.3 is 19.9 Å². The van der Waals surface area contributed by atoms with E-state index in [-0.39, 0.29) is 10.9 Å². The highest BCUT2D eigenvalue weighted by molar-refractivity contribution is 7.90. The van der Waals surface area contributed by atoms with E-state index >= 15 is 0 Å². The minimum Gasteiger partial charge on any atom is -0.497 e. The summed E-state index contributed by atoms with van der Waals surface area (Å²) in [5, 5.41) is 3.05. The standard InChI is InChI=1S/C18H30N6O3S/c1-22-10-12-23(13-11-22)8-3-9-24-14-19-18(20-15-24)21-28(25,26)17-6-4-16(27-2)5-7-17/h4-7H,3,8-15H2,1-2H3,(H2,19,20,21). The van der Waals surface area contributed by atoms with Crippen molar-refractivity contribution in [2.75, 3.05) is 66.8 Å². The van der Waals surface area contributed by atoms with Crippen molar-refractivity contribution in [1.82, 2.24) is 24.7 Å². The monoisotopic (exact) mass is 410 g/mol. The van der Waals surface area contributed by atoms with Crippen LogP contribution in [0, 0.1) is 0 Å². The lowest BCUT2D eigenvalue weighted by atomic mass is 10.3. The number of hydrogen-bond donors (Lipinski definition) is 2. The molecule has 9 nitrogen and oxygen atoms in total. The lowest BCUT2D eigenvalue weighted by Crippen LogP contribution is -2.50. The van der Waals surface area contributed by atoms with Crippen LogP contribution in [0.4, 0.5) is 0 Å². The molecule has 0 aliphatic carbocycles. The fraction of sp³-hybridized carbons (Fsp3) is 0.611. The molecule has 2 aliphatic heterocycles. The highest BCUT2D eigenvalue weighted by Gasteiger charge is 2.20. The number of piperazine rings is 1. The van der Waals surface area contributed by atoms with Gasteiger partial charge in [-0.2, -0.15) is 0 Å². The molecule has 1 saturated heterocycles. The third-order valence-corrected chi connectivity index (χ3v) is 6.40. The average molecular weight is 411 g/mol. The number of benzene rings is 1. The van der Waals surface area contributed by atoms with E-state index in [1.54, 1.807) is 19.2 Å². The fourth-order valence-electron chi connectivity index (χ4n) is 3.21. The number of nitrogens with one attached hydrogen (secondary N) is 2. The van der Waals surface area contributed by atoms with Crippen molar-refractivity contribution in [3.63, 3.8) is 0 Å². The van der Waals surface area contributed by atoms with Crippen LogP contribution < -0.4 is 14.8 Å². The Morgan fingerprint density at radius 2 is 1.79 bits per heavy atom. The third kappa shape index (κ3) is 5.81. The summed E-state index contributed by atoms with van der Waals surface area (Å²) in [5.41, 5.74) is 0. The van der Waals surface area contributed by atoms with Crippen LogP contribution in [-0.2, 0) is 10.0 Å². The lowest BCUT2D eigenvalue weighted by molar-refractivity contribution is 0.145. The number of sulfonamides is 1. The molecule has 28 heavy (non-hydrogen) atoms. The maximum atomic E-state index is 12.5. The molecule has 0 bridgehead atoms. The van der Waals surface area contributed by atoms with Gasteiger partial charge in [0, 0.05) is 32.7 Å². The summed E-state index contributed by atoms with van der Waals surface area (Å²) in [5.74, 6) is 0.894. The fourth-order valence-corrected chi connectivity index (χ4v) is 4.22. The molecule has 156 valence electrons. The van der Waals surface area contributed by atoms with Gasteiger partial charge in [0.25, 0.3) is 10.0 Å². The Morgan fingerprint density at radius 3 is 2.39 bits per heavy atom. The first-order valence-corrected chi connectivity index (χ1v) is 11.0. The zero-order chi connectivity index (χ0) is 20.0. The molecule has 1 fully saturated rings. The maximum Gasteiger partial charge on any atom is 0.264 e. The summed E-state index contributed by atoms with van der Waals surface area (Å²) in [4.78, 5) is 11.5. The van der Waals surface area contributed by atoms with E-state index in [2.05, 4.69) is 36.8 Å². The predicted octanol–water partition coefficient (Wildman–Crippen LogP) is -0.213. The molecule has 0 amide bonds. The molecule has 0 radical (unpaired) electrons. The van der Waals surface area contributed by atoms with Crippen LogP contribution >= 0.6 is 0 Å². The number of rotatable bonds is 7. The summed E-state index contributed by atoms with van der Waals surface area (Å²) >= 11 is 0. The molecule has 0 spiro atoms. The van der Waals surface area contributed by atoms with Crippen LogP contribution in [0.1, 0.15) is 6.42 Å². The molecule has 2 heterocycles. The van der Waals surface area contributed by atoms with E-state index in [9.17, 15) is 8.42 Å². The van der Waals surface area contributed by atoms with Crippen molar-refractivity contribution < 1.29 is 13.2 Å². The van der Waals surface area contributed by atoms with Crippen LogP contribution in [-0.4, -0.2) is 95.8 Å². The predicted molar refractivity (Wildman–Crippen MR) is 109 cm³/mol. The van der Waals surface area contributed by atoms with Crippen molar-refractivity contribution in [2.45, 2.75) is 11.3 Å². The average Bonchev–Trinajstić information content (AvgIpc) is 2.70. The van der Waals surface area contributed by atoms with E-state index in [1.807, 2.05) is 0 Å². The molecule has 10 heteroatoms. The van der Waals surface area contributed by atoms with Crippen molar-refractivity contribution in [3.05, 3.63) is 24.3 Å². The number of hydrogen-bond acceptors (Lipinski definition) is 8. The Hall–Kier alpha value is -1.88. The number of likely N-dealkylation sites (N-methyl/N-ethyl adjacent to an activating group) is 1. The number of methoxy groups -OCH3 is 1. The van der Waals surface area contributed by atoms with Crippen molar-refractivity contribution >= 4 is 16.0 Å². The summed E-state index contributed by atoms with van der Waals surface area (Å²) in [7, 11) is 0.0366. The molecule has 0 unspecified atom stereocenters. The maximum absolute atomic E-state index is 12.5. The second-order valence-corrected chi connectivity index (χ2v) is 8.84. The molecule has 1 aromatic carbocycles. The number of ether oxygens (including phenoxy) is 1. The molecular weight excluding hydrogens is 380 g/mol. The topological polar surface area (TPSA) is 89.5 Å².